The lowest BCUT2D eigenvalue weighted by molar-refractivity contribution is 0.669. The maximum atomic E-state index is 6.79. The van der Waals surface area contributed by atoms with Crippen molar-refractivity contribution >= 4 is 182 Å². The third-order valence-corrected chi connectivity index (χ3v) is 27.5. The zero-order valence-electron chi connectivity index (χ0n) is 65.5. The van der Waals surface area contributed by atoms with E-state index in [-0.39, 0.29) is 0 Å². The molecule has 0 fully saturated rings. The second-order valence-corrected chi connectivity index (χ2v) is 34.3. The Morgan fingerprint density at radius 2 is 0.577 bits per heavy atom. The molecule has 9 heterocycles. The second-order valence-electron chi connectivity index (χ2n) is 31.1. The smallest absolute Gasteiger partial charge is 0.164 e. The molecule has 26 rings (SSSR count). The Morgan fingerprint density at radius 1 is 0.187 bits per heavy atom. The number of thiophene rings is 3. The third kappa shape index (κ3) is 11.7. The molecule has 12 heteroatoms. The van der Waals surface area contributed by atoms with Crippen LogP contribution in [0.25, 0.3) is 261 Å². The first-order valence-electron chi connectivity index (χ1n) is 41.1. The summed E-state index contributed by atoms with van der Waals surface area (Å²) < 4.78 is 20.7. The van der Waals surface area contributed by atoms with E-state index in [0.717, 1.165) is 166 Å². The number of pyridine rings is 2. The van der Waals surface area contributed by atoms with Gasteiger partial charge in [0.05, 0.1) is 33.8 Å². The number of fused-ring (bicyclic) bond motifs is 23. The monoisotopic (exact) mass is 1620 g/mol. The van der Waals surface area contributed by atoms with Crippen molar-refractivity contribution in [1.29, 1.82) is 0 Å². The molecule has 0 saturated carbocycles. The lowest BCUT2D eigenvalue weighted by atomic mass is 9.91. The van der Waals surface area contributed by atoms with Crippen LogP contribution in [0.5, 0.6) is 0 Å². The SMILES string of the molecule is c1ccc(-c2nc(-c3ccc(-c4cc5c(-c6ccccc6)nc6ccccc6c5c5c4oc4ccccc45)cc3)cc(-c3cccc4c3oc3ccccc34)n2)cc1.c1ccc(-c2nc3ccccc3c3c2cc(-c2ccc(-c4nc(-c5cccc6sc7ccccc7c56)nc(-c5cccc6sc7ccccc7c56)n4)cc2)c2sc4ccccc4c23)cc1. The fourth-order valence-corrected chi connectivity index (χ4v) is 21.9. The third-order valence-electron chi connectivity index (χ3n) is 24.0. The van der Waals surface area contributed by atoms with Gasteiger partial charge in [-0.05, 0) is 90.0 Å². The lowest BCUT2D eigenvalue weighted by Gasteiger charge is -2.15. The van der Waals surface area contributed by atoms with Gasteiger partial charge in [0.1, 0.15) is 22.3 Å². The molecular weight excluding hydrogens is 1560 g/mol. The van der Waals surface area contributed by atoms with Crippen molar-refractivity contribution in [1.82, 2.24) is 34.9 Å². The minimum absolute atomic E-state index is 0.636. The van der Waals surface area contributed by atoms with Crippen LogP contribution in [-0.2, 0) is 0 Å². The Hall–Kier alpha value is -15.6. The zero-order chi connectivity index (χ0) is 80.7. The van der Waals surface area contributed by atoms with Gasteiger partial charge in [-0.1, -0.05) is 303 Å². The number of benzene rings is 17. The predicted molar refractivity (Wildman–Crippen MR) is 515 cm³/mol. The van der Waals surface area contributed by atoms with Gasteiger partial charge in [-0.15, -0.1) is 34.0 Å². The minimum Gasteiger partial charge on any atom is -0.455 e. The van der Waals surface area contributed by atoms with Gasteiger partial charge in [0.15, 0.2) is 23.3 Å². The molecule has 0 bridgehead atoms. The maximum absolute atomic E-state index is 6.79. The lowest BCUT2D eigenvalue weighted by Crippen LogP contribution is -2.00. The van der Waals surface area contributed by atoms with Crippen molar-refractivity contribution in [2.45, 2.75) is 0 Å². The van der Waals surface area contributed by atoms with Gasteiger partial charge in [-0.3, -0.25) is 0 Å². The number of nitrogens with zero attached hydrogens (tertiary/aromatic N) is 7. The van der Waals surface area contributed by atoms with Gasteiger partial charge in [0, 0.05) is 170 Å². The van der Waals surface area contributed by atoms with Crippen LogP contribution in [0.3, 0.4) is 0 Å². The van der Waals surface area contributed by atoms with Crippen LogP contribution in [0.2, 0.25) is 0 Å². The van der Waals surface area contributed by atoms with E-state index < -0.39 is 0 Å². The molecule has 9 nitrogen and oxygen atoms in total. The molecule has 9 aromatic heterocycles. The van der Waals surface area contributed by atoms with Gasteiger partial charge in [0.25, 0.3) is 0 Å². The highest BCUT2D eigenvalue weighted by atomic mass is 32.1. The summed E-state index contributed by atoms with van der Waals surface area (Å²) in [7, 11) is 0. The standard InChI is InChI=1S/C58H32N4S3.C53H31N3O2/c1-2-14-34(15-3-1)54-43-32-42(55-53(39-19-7-11-25-47(39)65-55)52(43)36-16-4-8-22-44(36)59-54)33-28-30-35(31-29-33)56-60-57(40-20-12-26-48-50(40)37-17-5-9-23-45(37)63-48)62-58(61-56)41-21-13-27-49-51(41)38-18-6-10-24-46(38)64-49;1-3-14-34(15-4-1)50-42-30-41(52-49(40-20-9-12-25-47(40)58-52)48(42)38-19-7-10-23-43(38)54-50)32-26-28-33(29-27-32)44-31-45(56-53(55-44)35-16-5-2-6-17-35)39-22-13-21-37-36-18-8-11-24-46(36)57-51(37)39/h1-32H;1-31H. The molecule has 0 saturated heterocycles. The summed E-state index contributed by atoms with van der Waals surface area (Å²) in [6, 6.07) is 134. The quantitative estimate of drug-likeness (QED) is 0.123. The summed E-state index contributed by atoms with van der Waals surface area (Å²) >= 11 is 5.47. The van der Waals surface area contributed by atoms with E-state index in [1.165, 1.54) is 71.5 Å². The first-order chi connectivity index (χ1) is 61.0. The van der Waals surface area contributed by atoms with Crippen LogP contribution in [0, 0.1) is 0 Å². The summed E-state index contributed by atoms with van der Waals surface area (Å²) in [4.78, 5) is 37.0. The van der Waals surface area contributed by atoms with Crippen LogP contribution in [-0.4, -0.2) is 34.9 Å². The first-order valence-corrected chi connectivity index (χ1v) is 43.5. The Labute approximate surface area is 715 Å². The van der Waals surface area contributed by atoms with Crippen molar-refractivity contribution < 1.29 is 8.83 Å². The molecule has 0 aliphatic rings. The number of hydrogen-bond donors (Lipinski definition) is 0. The topological polar surface area (TPSA) is 117 Å². The molecule has 0 aliphatic carbocycles. The van der Waals surface area contributed by atoms with Crippen LogP contribution in [0.1, 0.15) is 0 Å². The molecule has 0 amide bonds. The van der Waals surface area contributed by atoms with Crippen LogP contribution in [0.4, 0.5) is 0 Å². The second kappa shape index (κ2) is 28.6. The highest BCUT2D eigenvalue weighted by Crippen LogP contribution is 2.51. The fraction of sp³-hybridized carbons (Fsp3) is 0. The van der Waals surface area contributed by atoms with Gasteiger partial charge < -0.3 is 8.83 Å². The van der Waals surface area contributed by atoms with Crippen LogP contribution in [0.15, 0.2) is 391 Å². The summed E-state index contributed by atoms with van der Waals surface area (Å²) in [6.45, 7) is 0. The fourth-order valence-electron chi connectivity index (χ4n) is 18.4. The van der Waals surface area contributed by atoms with E-state index in [1.54, 1.807) is 22.7 Å². The Balaban J connectivity index is 0.000000136. The van der Waals surface area contributed by atoms with Gasteiger partial charge in [-0.25, -0.2) is 34.9 Å². The molecule has 0 unspecified atom stereocenters. The summed E-state index contributed by atoms with van der Waals surface area (Å²) in [5.41, 5.74) is 21.1. The van der Waals surface area contributed by atoms with Gasteiger partial charge in [-0.2, -0.15) is 0 Å². The average molecular weight is 1620 g/mol. The van der Waals surface area contributed by atoms with Crippen molar-refractivity contribution in [3.05, 3.63) is 382 Å². The molecule has 0 aliphatic heterocycles. The molecule has 123 heavy (non-hydrogen) atoms. The van der Waals surface area contributed by atoms with Crippen LogP contribution < -0.4 is 0 Å². The largest absolute Gasteiger partial charge is 0.455 e. The van der Waals surface area contributed by atoms with Crippen LogP contribution >= 0.6 is 34.0 Å². The molecule has 0 spiro atoms. The molecule has 0 atom stereocenters. The average Bonchev–Trinajstić information content (AvgIpc) is 1.68. The summed E-state index contributed by atoms with van der Waals surface area (Å²) in [5, 5.41) is 18.5. The number of furan rings is 2. The number of aromatic nitrogens is 7. The van der Waals surface area contributed by atoms with E-state index >= 15 is 0 Å². The highest BCUT2D eigenvalue weighted by molar-refractivity contribution is 7.27. The maximum Gasteiger partial charge on any atom is 0.164 e. The van der Waals surface area contributed by atoms with E-state index in [9.17, 15) is 0 Å². The Kier molecular flexibility index (Phi) is 16.4. The minimum atomic E-state index is 0.636. The molecule has 0 N–H and O–H groups in total. The molecule has 572 valence electrons. The van der Waals surface area contributed by atoms with E-state index in [2.05, 4.69) is 322 Å². The molecule has 0 radical (unpaired) electrons. The molecule has 17 aromatic carbocycles. The van der Waals surface area contributed by atoms with Crippen molar-refractivity contribution in [3.63, 3.8) is 0 Å². The van der Waals surface area contributed by atoms with Gasteiger partial charge in [0.2, 0.25) is 0 Å². The summed E-state index contributed by atoms with van der Waals surface area (Å²) in [6.07, 6.45) is 0. The number of para-hydroxylation sites is 5. The van der Waals surface area contributed by atoms with Crippen molar-refractivity contribution in [2.24, 2.45) is 0 Å². The molecule has 26 aromatic rings. The number of rotatable bonds is 10. The normalized spacial score (nSPS) is 11.9. The Morgan fingerprint density at radius 3 is 1.17 bits per heavy atom. The van der Waals surface area contributed by atoms with Gasteiger partial charge >= 0.3 is 0 Å². The zero-order valence-corrected chi connectivity index (χ0v) is 68.0. The van der Waals surface area contributed by atoms with E-state index in [4.69, 9.17) is 43.7 Å². The van der Waals surface area contributed by atoms with E-state index in [0.29, 0.717) is 23.3 Å². The predicted octanol–water partition coefficient (Wildman–Crippen LogP) is 31.3. The van der Waals surface area contributed by atoms with E-state index in [1.807, 2.05) is 72.0 Å². The Bertz CT molecular complexity index is 8690. The molecular formula is C111H63N7O2S3. The number of hydrogen-bond acceptors (Lipinski definition) is 12. The summed E-state index contributed by atoms with van der Waals surface area (Å²) in [5.74, 6) is 2.61. The van der Waals surface area contributed by atoms with Crippen molar-refractivity contribution in [2.75, 3.05) is 0 Å². The first kappa shape index (κ1) is 70.4. The van der Waals surface area contributed by atoms with Crippen molar-refractivity contribution in [3.8, 4) is 113 Å². The highest BCUT2D eigenvalue weighted by Gasteiger charge is 2.27.